The molecule has 0 spiro atoms. The molecule has 9 nitrogen and oxygen atoms in total. The third-order valence-electron chi connectivity index (χ3n) is 5.94. The predicted molar refractivity (Wildman–Crippen MR) is 94.7 cm³/mol. The van der Waals surface area contributed by atoms with Gasteiger partial charge in [-0.05, 0) is 30.9 Å². The van der Waals surface area contributed by atoms with Crippen LogP contribution in [-0.2, 0) is 20.7 Å². The Morgan fingerprint density at radius 2 is 2.11 bits per heavy atom. The molecule has 0 aliphatic heterocycles. The van der Waals surface area contributed by atoms with E-state index in [1.807, 2.05) is 0 Å². The van der Waals surface area contributed by atoms with Gasteiger partial charge in [0.25, 0.3) is 5.91 Å². The number of methoxy groups -OCH3 is 1. The van der Waals surface area contributed by atoms with Gasteiger partial charge in [-0.15, -0.1) is 0 Å². The monoisotopic (exact) mass is 385 g/mol. The summed E-state index contributed by atoms with van der Waals surface area (Å²) in [5, 5.41) is 22.1. The van der Waals surface area contributed by atoms with Gasteiger partial charge >= 0.3 is 0 Å². The minimum absolute atomic E-state index is 0.0514. The number of amides is 1. The van der Waals surface area contributed by atoms with Gasteiger partial charge in [0.2, 0.25) is 5.78 Å². The number of fused-ring (bicyclic) bond motifs is 3. The highest BCUT2D eigenvalue weighted by molar-refractivity contribution is 6.24. The number of rotatable bonds is 2. The maximum absolute atomic E-state index is 13.0. The fourth-order valence-corrected chi connectivity index (χ4v) is 4.64. The van der Waals surface area contributed by atoms with Gasteiger partial charge in [-0.1, -0.05) is 0 Å². The van der Waals surface area contributed by atoms with Crippen molar-refractivity contribution in [2.45, 2.75) is 24.5 Å². The molecule has 6 N–H and O–H groups in total. The zero-order valence-corrected chi connectivity index (χ0v) is 15.0. The summed E-state index contributed by atoms with van der Waals surface area (Å²) in [6.07, 6.45) is 2.05. The van der Waals surface area contributed by atoms with Gasteiger partial charge in [-0.25, -0.2) is 0 Å². The Morgan fingerprint density at radius 3 is 2.75 bits per heavy atom. The van der Waals surface area contributed by atoms with E-state index in [1.165, 1.54) is 7.11 Å². The Balaban J connectivity index is 1.93. The van der Waals surface area contributed by atoms with Crippen molar-refractivity contribution in [3.63, 3.8) is 0 Å². The van der Waals surface area contributed by atoms with Crippen LogP contribution in [0.5, 0.6) is 0 Å². The Morgan fingerprint density at radius 1 is 1.39 bits per heavy atom. The van der Waals surface area contributed by atoms with Crippen LogP contribution in [0.2, 0.25) is 0 Å². The van der Waals surface area contributed by atoms with Crippen LogP contribution in [0, 0.1) is 11.8 Å². The lowest BCUT2D eigenvalue weighted by Gasteiger charge is -2.48. The fourth-order valence-electron chi connectivity index (χ4n) is 4.64. The molecule has 0 fully saturated rings. The van der Waals surface area contributed by atoms with E-state index in [1.54, 1.807) is 18.3 Å². The fraction of sp³-hybridized carbons (Fsp3) is 0.368. The van der Waals surface area contributed by atoms with Crippen molar-refractivity contribution in [3.05, 3.63) is 52.3 Å². The Labute approximate surface area is 159 Å². The molecule has 1 heterocycles. The normalized spacial score (nSPS) is 31.9. The summed E-state index contributed by atoms with van der Waals surface area (Å²) < 4.78 is 5.14. The molecule has 1 aromatic rings. The van der Waals surface area contributed by atoms with Crippen molar-refractivity contribution < 1.29 is 29.3 Å². The molecule has 4 rings (SSSR count). The zero-order chi connectivity index (χ0) is 20.4. The zero-order valence-electron chi connectivity index (χ0n) is 15.0. The maximum Gasteiger partial charge on any atom is 0.255 e. The van der Waals surface area contributed by atoms with Gasteiger partial charge in [0.15, 0.2) is 11.4 Å². The van der Waals surface area contributed by atoms with Crippen LogP contribution in [0.15, 0.2) is 41.0 Å². The lowest BCUT2D eigenvalue weighted by atomic mass is 9.59. The number of nitrogens with zero attached hydrogens (tertiary/aromatic N) is 1. The van der Waals surface area contributed by atoms with E-state index in [0.29, 0.717) is 17.7 Å². The summed E-state index contributed by atoms with van der Waals surface area (Å²) in [6.45, 7) is 0. The number of nitrogens with two attached hydrogens (primary N) is 2. The molecule has 0 aromatic carbocycles. The third-order valence-corrected chi connectivity index (χ3v) is 5.94. The maximum atomic E-state index is 13.0. The first-order valence-corrected chi connectivity index (χ1v) is 8.76. The number of aliphatic hydroxyl groups is 2. The van der Waals surface area contributed by atoms with Crippen molar-refractivity contribution in [3.8, 4) is 0 Å². The molecule has 0 radical (unpaired) electrons. The topological polar surface area (TPSA) is 166 Å². The minimum atomic E-state index is -2.52. The average molecular weight is 385 g/mol. The van der Waals surface area contributed by atoms with Gasteiger partial charge in [0.1, 0.15) is 17.1 Å². The molecule has 0 unspecified atom stereocenters. The quantitative estimate of drug-likeness (QED) is 0.485. The number of allylic oxidation sites excluding steroid dienone is 1. The van der Waals surface area contributed by atoms with E-state index >= 15 is 0 Å². The van der Waals surface area contributed by atoms with E-state index in [9.17, 15) is 24.6 Å². The molecule has 1 amide bonds. The second-order valence-corrected chi connectivity index (χ2v) is 7.26. The van der Waals surface area contributed by atoms with Crippen LogP contribution >= 0.6 is 0 Å². The van der Waals surface area contributed by atoms with E-state index in [2.05, 4.69) is 4.98 Å². The molecular formula is C19H19N3O6. The molecule has 3 aliphatic rings. The summed E-state index contributed by atoms with van der Waals surface area (Å²) >= 11 is 0. The summed E-state index contributed by atoms with van der Waals surface area (Å²) in [4.78, 5) is 42.0. The molecule has 1 aromatic heterocycles. The molecule has 0 saturated carbocycles. The predicted octanol–water partition coefficient (Wildman–Crippen LogP) is -0.704. The van der Waals surface area contributed by atoms with Crippen molar-refractivity contribution in [2.24, 2.45) is 23.3 Å². The highest BCUT2D eigenvalue weighted by Crippen LogP contribution is 2.50. The number of ketones is 2. The lowest BCUT2D eigenvalue weighted by molar-refractivity contribution is -0.145. The first-order valence-electron chi connectivity index (χ1n) is 8.76. The Hall–Kier alpha value is -3.04. The average Bonchev–Trinajstić information content (AvgIpc) is 2.66. The SMILES string of the molecule is COC1=C(C(N)=O)C(=O)[C@@]2(O)C(O)=C3C(=O)c4cccnc4C[C@H]3C[C@H]2[C@@H]1N. The molecule has 4 atom stereocenters. The summed E-state index contributed by atoms with van der Waals surface area (Å²) in [6, 6.07) is 2.10. The first-order chi connectivity index (χ1) is 13.2. The van der Waals surface area contributed by atoms with Crippen LogP contribution in [0.4, 0.5) is 0 Å². The second-order valence-electron chi connectivity index (χ2n) is 7.26. The van der Waals surface area contributed by atoms with Gasteiger partial charge in [-0.3, -0.25) is 19.4 Å². The highest BCUT2D eigenvalue weighted by Gasteiger charge is 2.62. The molecule has 9 heteroatoms. The summed E-state index contributed by atoms with van der Waals surface area (Å²) in [5.41, 5.74) is 9.20. The number of hydrogen-bond acceptors (Lipinski definition) is 8. The van der Waals surface area contributed by atoms with Gasteiger partial charge in [0.05, 0.1) is 18.8 Å². The third kappa shape index (κ3) is 2.14. The van der Waals surface area contributed by atoms with Crippen LogP contribution in [0.25, 0.3) is 0 Å². The number of Topliss-reactive ketones (excluding diaryl/α,β-unsaturated/α-hetero) is 2. The summed E-state index contributed by atoms with van der Waals surface area (Å²) in [5.74, 6) is -5.14. The van der Waals surface area contributed by atoms with Gasteiger partial charge in [0, 0.05) is 23.3 Å². The van der Waals surface area contributed by atoms with Crippen LogP contribution in [0.3, 0.4) is 0 Å². The van der Waals surface area contributed by atoms with Crippen molar-refractivity contribution in [2.75, 3.05) is 7.11 Å². The van der Waals surface area contributed by atoms with Crippen molar-refractivity contribution in [1.29, 1.82) is 0 Å². The number of primary amides is 1. The number of carbonyl (C=O) groups excluding carboxylic acids is 3. The largest absolute Gasteiger partial charge is 0.508 e. The molecule has 0 saturated heterocycles. The number of hydrogen-bond donors (Lipinski definition) is 4. The number of ether oxygens (including phenoxy) is 1. The molecule has 28 heavy (non-hydrogen) atoms. The van der Waals surface area contributed by atoms with E-state index in [-0.39, 0.29) is 17.8 Å². The molecule has 3 aliphatic carbocycles. The van der Waals surface area contributed by atoms with Crippen LogP contribution < -0.4 is 11.5 Å². The first kappa shape index (κ1) is 18.3. The standard InChI is InChI=1S/C19H19N3O6/c1-28-15-12(18(21)26)17(25)19(27)9(13(15)20)5-7-6-10-8(3-2-4-22-10)14(23)11(7)16(19)24/h2-4,7,9,13,24,27H,5-6,20H2,1H3,(H2,21,26)/t7-,9+,13+,19+/m1/s1. The van der Waals surface area contributed by atoms with Crippen molar-refractivity contribution in [1.82, 2.24) is 4.98 Å². The summed E-state index contributed by atoms with van der Waals surface area (Å²) in [7, 11) is 1.24. The number of pyridine rings is 1. The van der Waals surface area contributed by atoms with E-state index < -0.39 is 52.3 Å². The van der Waals surface area contributed by atoms with Crippen molar-refractivity contribution >= 4 is 17.5 Å². The Kier molecular flexibility index (Phi) is 3.91. The molecule has 0 bridgehead atoms. The smallest absolute Gasteiger partial charge is 0.255 e. The highest BCUT2D eigenvalue weighted by atomic mass is 16.5. The van der Waals surface area contributed by atoms with E-state index in [0.717, 1.165) is 0 Å². The van der Waals surface area contributed by atoms with Crippen LogP contribution in [0.1, 0.15) is 22.5 Å². The Bertz CT molecular complexity index is 997. The number of aliphatic hydroxyl groups excluding tert-OH is 1. The van der Waals surface area contributed by atoms with Crippen LogP contribution in [-0.4, -0.2) is 51.4 Å². The van der Waals surface area contributed by atoms with Gasteiger partial charge < -0.3 is 26.4 Å². The number of carbonyl (C=O) groups is 3. The van der Waals surface area contributed by atoms with Gasteiger partial charge in [-0.2, -0.15) is 0 Å². The lowest BCUT2D eigenvalue weighted by Crippen LogP contribution is -2.63. The molecular weight excluding hydrogens is 366 g/mol. The number of aromatic nitrogens is 1. The molecule has 146 valence electrons. The van der Waals surface area contributed by atoms with E-state index in [4.69, 9.17) is 16.2 Å². The second kappa shape index (κ2) is 5.98. The minimum Gasteiger partial charge on any atom is -0.508 e.